The molecule has 2 aromatic carbocycles. The molecular weight excluding hydrogens is 260 g/mol. The lowest BCUT2D eigenvalue weighted by molar-refractivity contribution is 0.204. The minimum Gasteiger partial charge on any atom is -0.494 e. The highest BCUT2D eigenvalue weighted by atomic mass is 16.5. The fourth-order valence-electron chi connectivity index (χ4n) is 3.05. The van der Waals surface area contributed by atoms with Gasteiger partial charge in [-0.25, -0.2) is 0 Å². The maximum atomic E-state index is 6.06. The summed E-state index contributed by atoms with van der Waals surface area (Å²) < 4.78 is 5.61. The first-order valence-corrected chi connectivity index (χ1v) is 7.55. The van der Waals surface area contributed by atoms with E-state index in [2.05, 4.69) is 41.3 Å². The normalized spacial score (nSPS) is 15.7. The van der Waals surface area contributed by atoms with Crippen molar-refractivity contribution in [2.45, 2.75) is 26.1 Å². The lowest BCUT2D eigenvalue weighted by atomic mass is 10.1. The summed E-state index contributed by atoms with van der Waals surface area (Å²) >= 11 is 0. The average Bonchev–Trinajstić information content (AvgIpc) is 2.92. The van der Waals surface area contributed by atoms with Crippen LogP contribution < -0.4 is 10.5 Å². The molecule has 1 heterocycles. The fraction of sp³-hybridized carbons (Fsp3) is 0.333. The van der Waals surface area contributed by atoms with Crippen LogP contribution in [-0.2, 0) is 13.1 Å². The van der Waals surface area contributed by atoms with E-state index >= 15 is 0 Å². The summed E-state index contributed by atoms with van der Waals surface area (Å²) in [5.41, 5.74) is 10.1. The summed E-state index contributed by atoms with van der Waals surface area (Å²) in [6.07, 6.45) is 0. The summed E-state index contributed by atoms with van der Waals surface area (Å²) in [5.74, 6) is 0.921. The monoisotopic (exact) mass is 282 g/mol. The number of benzene rings is 2. The summed E-state index contributed by atoms with van der Waals surface area (Å²) in [6, 6.07) is 17.2. The highest BCUT2D eigenvalue weighted by molar-refractivity contribution is 5.34. The van der Waals surface area contributed by atoms with Crippen LogP contribution >= 0.6 is 0 Å². The molecule has 0 saturated heterocycles. The number of rotatable bonds is 5. The first kappa shape index (κ1) is 14.1. The Labute approximate surface area is 126 Å². The van der Waals surface area contributed by atoms with Gasteiger partial charge in [-0.15, -0.1) is 0 Å². The van der Waals surface area contributed by atoms with Gasteiger partial charge in [0.15, 0.2) is 0 Å². The van der Waals surface area contributed by atoms with Crippen LogP contribution in [0.1, 0.15) is 29.7 Å². The number of nitrogens with zero attached hydrogens (tertiary/aromatic N) is 1. The van der Waals surface area contributed by atoms with Gasteiger partial charge >= 0.3 is 0 Å². The van der Waals surface area contributed by atoms with Crippen LogP contribution in [0.4, 0.5) is 0 Å². The van der Waals surface area contributed by atoms with Crippen LogP contribution in [-0.4, -0.2) is 18.1 Å². The lowest BCUT2D eigenvalue weighted by Crippen LogP contribution is -2.29. The molecular formula is C18H22N2O. The predicted molar refractivity (Wildman–Crippen MR) is 85.1 cm³/mol. The Balaban J connectivity index is 1.82. The van der Waals surface area contributed by atoms with E-state index in [-0.39, 0.29) is 6.04 Å². The molecule has 0 amide bonds. The smallest absolute Gasteiger partial charge is 0.119 e. The molecule has 0 bridgehead atoms. The van der Waals surface area contributed by atoms with Crippen LogP contribution in [0.3, 0.4) is 0 Å². The van der Waals surface area contributed by atoms with Gasteiger partial charge in [-0.05, 0) is 35.7 Å². The molecule has 0 fully saturated rings. The first-order valence-electron chi connectivity index (χ1n) is 7.55. The third-order valence-corrected chi connectivity index (χ3v) is 4.08. The standard InChI is InChI=1S/C18H22N2O/c1-2-21-17-9-5-8-14(10-17)18(11-19)20-12-15-6-3-4-7-16(15)13-20/h3-10,18H,2,11-13,19H2,1H3. The summed E-state index contributed by atoms with van der Waals surface area (Å²) in [4.78, 5) is 2.44. The first-order chi connectivity index (χ1) is 10.3. The second-order valence-corrected chi connectivity index (χ2v) is 5.43. The molecule has 2 N–H and O–H groups in total. The minimum atomic E-state index is 0.234. The highest BCUT2D eigenvalue weighted by Crippen LogP contribution is 2.31. The third kappa shape index (κ3) is 2.94. The van der Waals surface area contributed by atoms with Crippen molar-refractivity contribution in [2.75, 3.05) is 13.2 Å². The molecule has 0 aromatic heterocycles. The molecule has 110 valence electrons. The van der Waals surface area contributed by atoms with Crippen LogP contribution in [0.2, 0.25) is 0 Å². The van der Waals surface area contributed by atoms with Crippen molar-refractivity contribution in [1.82, 2.24) is 4.90 Å². The number of hydrogen-bond acceptors (Lipinski definition) is 3. The third-order valence-electron chi connectivity index (χ3n) is 4.08. The van der Waals surface area contributed by atoms with Crippen molar-refractivity contribution >= 4 is 0 Å². The number of hydrogen-bond donors (Lipinski definition) is 1. The zero-order chi connectivity index (χ0) is 14.7. The van der Waals surface area contributed by atoms with E-state index in [9.17, 15) is 0 Å². The Bertz CT molecular complexity index is 587. The van der Waals surface area contributed by atoms with Crippen molar-refractivity contribution in [3.63, 3.8) is 0 Å². The van der Waals surface area contributed by atoms with Gasteiger partial charge in [0.05, 0.1) is 6.61 Å². The molecule has 21 heavy (non-hydrogen) atoms. The van der Waals surface area contributed by atoms with E-state index in [0.717, 1.165) is 18.8 Å². The number of nitrogens with two attached hydrogens (primary N) is 1. The van der Waals surface area contributed by atoms with E-state index in [1.54, 1.807) is 0 Å². The Morgan fingerprint density at radius 1 is 1.10 bits per heavy atom. The number of ether oxygens (including phenoxy) is 1. The lowest BCUT2D eigenvalue weighted by Gasteiger charge is -2.27. The van der Waals surface area contributed by atoms with Crippen molar-refractivity contribution in [1.29, 1.82) is 0 Å². The molecule has 1 unspecified atom stereocenters. The fourth-order valence-corrected chi connectivity index (χ4v) is 3.05. The van der Waals surface area contributed by atoms with E-state index in [4.69, 9.17) is 10.5 Å². The van der Waals surface area contributed by atoms with Gasteiger partial charge in [0.2, 0.25) is 0 Å². The molecule has 3 heteroatoms. The molecule has 0 radical (unpaired) electrons. The van der Waals surface area contributed by atoms with Crippen molar-refractivity contribution in [3.8, 4) is 5.75 Å². The molecule has 1 aliphatic heterocycles. The van der Waals surface area contributed by atoms with E-state index in [1.165, 1.54) is 16.7 Å². The van der Waals surface area contributed by atoms with Crippen LogP contribution in [0.5, 0.6) is 5.75 Å². The minimum absolute atomic E-state index is 0.234. The number of fused-ring (bicyclic) bond motifs is 1. The van der Waals surface area contributed by atoms with E-state index in [1.807, 2.05) is 19.1 Å². The predicted octanol–water partition coefficient (Wildman–Crippen LogP) is 3.10. The molecule has 2 aromatic rings. The average molecular weight is 282 g/mol. The van der Waals surface area contributed by atoms with Crippen LogP contribution in [0.15, 0.2) is 48.5 Å². The Hall–Kier alpha value is -1.84. The highest BCUT2D eigenvalue weighted by Gasteiger charge is 2.25. The zero-order valence-corrected chi connectivity index (χ0v) is 12.5. The largest absolute Gasteiger partial charge is 0.494 e. The Kier molecular flexibility index (Phi) is 4.23. The van der Waals surface area contributed by atoms with Crippen molar-refractivity contribution < 1.29 is 4.74 Å². The van der Waals surface area contributed by atoms with Gasteiger partial charge in [0.25, 0.3) is 0 Å². The maximum Gasteiger partial charge on any atom is 0.119 e. The summed E-state index contributed by atoms with van der Waals surface area (Å²) in [5, 5.41) is 0. The second kappa shape index (κ2) is 6.29. The van der Waals surface area contributed by atoms with Gasteiger partial charge in [-0.2, -0.15) is 0 Å². The van der Waals surface area contributed by atoms with Gasteiger partial charge in [0, 0.05) is 25.7 Å². The van der Waals surface area contributed by atoms with Gasteiger partial charge < -0.3 is 10.5 Å². The second-order valence-electron chi connectivity index (χ2n) is 5.43. The Morgan fingerprint density at radius 3 is 2.43 bits per heavy atom. The van der Waals surface area contributed by atoms with Gasteiger partial charge in [-0.1, -0.05) is 36.4 Å². The molecule has 1 aliphatic rings. The summed E-state index contributed by atoms with van der Waals surface area (Å²) in [6.45, 7) is 5.24. The van der Waals surface area contributed by atoms with Crippen LogP contribution in [0.25, 0.3) is 0 Å². The van der Waals surface area contributed by atoms with E-state index in [0.29, 0.717) is 13.2 Å². The van der Waals surface area contributed by atoms with Gasteiger partial charge in [0.1, 0.15) is 5.75 Å². The van der Waals surface area contributed by atoms with E-state index < -0.39 is 0 Å². The quantitative estimate of drug-likeness (QED) is 0.916. The molecule has 3 rings (SSSR count). The molecule has 0 spiro atoms. The summed E-state index contributed by atoms with van der Waals surface area (Å²) in [7, 11) is 0. The van der Waals surface area contributed by atoms with Gasteiger partial charge in [-0.3, -0.25) is 4.90 Å². The SMILES string of the molecule is CCOc1cccc(C(CN)N2Cc3ccccc3C2)c1. The zero-order valence-electron chi connectivity index (χ0n) is 12.5. The topological polar surface area (TPSA) is 38.5 Å². The maximum absolute atomic E-state index is 6.06. The molecule has 1 atom stereocenters. The molecule has 0 saturated carbocycles. The van der Waals surface area contributed by atoms with Crippen LogP contribution in [0, 0.1) is 0 Å². The van der Waals surface area contributed by atoms with Crippen molar-refractivity contribution in [3.05, 3.63) is 65.2 Å². The molecule has 0 aliphatic carbocycles. The Morgan fingerprint density at radius 2 is 1.81 bits per heavy atom. The molecule has 3 nitrogen and oxygen atoms in total. The van der Waals surface area contributed by atoms with Crippen molar-refractivity contribution in [2.24, 2.45) is 5.73 Å².